The molecular formula is C17H16N2O2. The van der Waals surface area contributed by atoms with Crippen LogP contribution in [0.4, 0.5) is 5.69 Å². The van der Waals surface area contributed by atoms with E-state index in [1.54, 1.807) is 37.6 Å². The SMILES string of the molecule is Cc1ccc(C#CCO)c(C(=O)N(C)c2cccnc2)c1. The van der Waals surface area contributed by atoms with Gasteiger partial charge in [0, 0.05) is 18.8 Å². The van der Waals surface area contributed by atoms with Gasteiger partial charge in [-0.3, -0.25) is 9.78 Å². The van der Waals surface area contributed by atoms with E-state index in [1.165, 1.54) is 4.90 Å². The summed E-state index contributed by atoms with van der Waals surface area (Å²) in [6, 6.07) is 9.09. The van der Waals surface area contributed by atoms with Gasteiger partial charge in [0.1, 0.15) is 6.61 Å². The normalized spacial score (nSPS) is 9.67. The quantitative estimate of drug-likeness (QED) is 0.856. The van der Waals surface area contributed by atoms with Crippen molar-refractivity contribution < 1.29 is 9.90 Å². The molecule has 0 aliphatic carbocycles. The van der Waals surface area contributed by atoms with E-state index in [2.05, 4.69) is 16.8 Å². The van der Waals surface area contributed by atoms with Crippen LogP contribution in [0.25, 0.3) is 0 Å². The first kappa shape index (κ1) is 14.8. The maximum absolute atomic E-state index is 12.6. The fourth-order valence-corrected chi connectivity index (χ4v) is 1.93. The molecule has 0 fully saturated rings. The number of aryl methyl sites for hydroxylation is 1. The summed E-state index contributed by atoms with van der Waals surface area (Å²) in [5.41, 5.74) is 2.82. The Morgan fingerprint density at radius 2 is 2.19 bits per heavy atom. The summed E-state index contributed by atoms with van der Waals surface area (Å²) < 4.78 is 0. The maximum Gasteiger partial charge on any atom is 0.259 e. The van der Waals surface area contributed by atoms with Crippen molar-refractivity contribution in [1.29, 1.82) is 0 Å². The lowest BCUT2D eigenvalue weighted by atomic mass is 10.0. The van der Waals surface area contributed by atoms with E-state index < -0.39 is 0 Å². The number of pyridine rings is 1. The molecule has 0 unspecified atom stereocenters. The van der Waals surface area contributed by atoms with Crippen molar-refractivity contribution in [1.82, 2.24) is 4.98 Å². The minimum Gasteiger partial charge on any atom is -0.384 e. The highest BCUT2D eigenvalue weighted by Crippen LogP contribution is 2.17. The van der Waals surface area contributed by atoms with Crippen molar-refractivity contribution in [3.8, 4) is 11.8 Å². The van der Waals surface area contributed by atoms with Gasteiger partial charge in [-0.1, -0.05) is 23.5 Å². The van der Waals surface area contributed by atoms with Crippen LogP contribution in [-0.2, 0) is 0 Å². The number of nitrogens with zero attached hydrogens (tertiary/aromatic N) is 2. The van der Waals surface area contributed by atoms with Gasteiger partial charge in [-0.2, -0.15) is 0 Å². The highest BCUT2D eigenvalue weighted by atomic mass is 16.2. The molecule has 2 aromatic rings. The van der Waals surface area contributed by atoms with Crippen molar-refractivity contribution in [2.24, 2.45) is 0 Å². The summed E-state index contributed by atoms with van der Waals surface area (Å²) in [5.74, 6) is 5.24. The molecule has 1 aromatic heterocycles. The Morgan fingerprint density at radius 1 is 1.38 bits per heavy atom. The molecule has 2 rings (SSSR count). The third kappa shape index (κ3) is 3.47. The second kappa shape index (κ2) is 6.69. The van der Waals surface area contributed by atoms with Gasteiger partial charge in [0.25, 0.3) is 5.91 Å². The Bertz CT molecular complexity index is 700. The summed E-state index contributed by atoms with van der Waals surface area (Å²) in [4.78, 5) is 18.2. The molecule has 1 N–H and O–H groups in total. The standard InChI is InChI=1S/C17H16N2O2/c1-13-7-8-14(5-4-10-20)16(11-13)17(21)19(2)15-6-3-9-18-12-15/h3,6-9,11-12,20H,10H2,1-2H3. The summed E-state index contributed by atoms with van der Waals surface area (Å²) >= 11 is 0. The van der Waals surface area contributed by atoms with Gasteiger partial charge >= 0.3 is 0 Å². The lowest BCUT2D eigenvalue weighted by molar-refractivity contribution is 0.0992. The zero-order valence-electron chi connectivity index (χ0n) is 12.0. The van der Waals surface area contributed by atoms with Crippen LogP contribution in [0.1, 0.15) is 21.5 Å². The zero-order chi connectivity index (χ0) is 15.2. The molecule has 0 bridgehead atoms. The number of anilines is 1. The summed E-state index contributed by atoms with van der Waals surface area (Å²) in [6.45, 7) is 1.68. The number of carbonyl (C=O) groups excluding carboxylic acids is 1. The third-order valence-corrected chi connectivity index (χ3v) is 3.05. The second-order valence-corrected chi connectivity index (χ2v) is 4.58. The first-order chi connectivity index (χ1) is 10.1. The van der Waals surface area contributed by atoms with Gasteiger partial charge < -0.3 is 10.0 Å². The maximum atomic E-state index is 12.6. The van der Waals surface area contributed by atoms with Crippen LogP contribution in [0.3, 0.4) is 0 Å². The fourth-order valence-electron chi connectivity index (χ4n) is 1.93. The topological polar surface area (TPSA) is 53.4 Å². The monoisotopic (exact) mass is 280 g/mol. The Morgan fingerprint density at radius 3 is 2.86 bits per heavy atom. The van der Waals surface area contributed by atoms with Crippen molar-refractivity contribution in [2.75, 3.05) is 18.6 Å². The van der Waals surface area contributed by atoms with Crippen LogP contribution < -0.4 is 4.90 Å². The Balaban J connectivity index is 2.40. The highest BCUT2D eigenvalue weighted by Gasteiger charge is 2.16. The minimum absolute atomic E-state index is 0.158. The molecule has 0 atom stereocenters. The van der Waals surface area contributed by atoms with Gasteiger partial charge in [-0.25, -0.2) is 0 Å². The number of hydrogen-bond donors (Lipinski definition) is 1. The van der Waals surface area contributed by atoms with Gasteiger partial charge in [-0.15, -0.1) is 0 Å². The number of aromatic nitrogens is 1. The number of hydrogen-bond acceptors (Lipinski definition) is 3. The minimum atomic E-state index is -0.236. The molecule has 21 heavy (non-hydrogen) atoms. The largest absolute Gasteiger partial charge is 0.384 e. The molecule has 0 aliphatic rings. The Kier molecular flexibility index (Phi) is 4.70. The van der Waals surface area contributed by atoms with E-state index in [0.29, 0.717) is 16.8 Å². The molecule has 4 heteroatoms. The molecular weight excluding hydrogens is 264 g/mol. The number of benzene rings is 1. The van der Waals surface area contributed by atoms with E-state index in [1.807, 2.05) is 19.1 Å². The van der Waals surface area contributed by atoms with Crippen molar-refractivity contribution in [3.05, 3.63) is 59.4 Å². The average Bonchev–Trinajstić information content (AvgIpc) is 2.53. The third-order valence-electron chi connectivity index (χ3n) is 3.05. The molecule has 0 saturated heterocycles. The van der Waals surface area contributed by atoms with Gasteiger partial charge in [-0.05, 0) is 31.2 Å². The highest BCUT2D eigenvalue weighted by molar-refractivity contribution is 6.07. The van der Waals surface area contributed by atoms with Crippen LogP contribution in [0.2, 0.25) is 0 Å². The smallest absolute Gasteiger partial charge is 0.259 e. The van der Waals surface area contributed by atoms with E-state index in [-0.39, 0.29) is 12.5 Å². The molecule has 0 saturated carbocycles. The zero-order valence-corrected chi connectivity index (χ0v) is 12.0. The Hall–Kier alpha value is -2.64. The van der Waals surface area contributed by atoms with Crippen molar-refractivity contribution >= 4 is 11.6 Å². The van der Waals surface area contributed by atoms with Crippen molar-refractivity contribution in [3.63, 3.8) is 0 Å². The van der Waals surface area contributed by atoms with Crippen LogP contribution in [0.5, 0.6) is 0 Å². The van der Waals surface area contributed by atoms with E-state index in [9.17, 15) is 4.79 Å². The van der Waals surface area contributed by atoms with Crippen molar-refractivity contribution in [2.45, 2.75) is 6.92 Å². The number of carbonyl (C=O) groups is 1. The van der Waals surface area contributed by atoms with E-state index in [4.69, 9.17) is 5.11 Å². The summed E-state index contributed by atoms with van der Waals surface area (Å²) in [5, 5.41) is 8.82. The van der Waals surface area contributed by atoms with Crippen LogP contribution in [-0.4, -0.2) is 29.7 Å². The van der Waals surface area contributed by atoms with Gasteiger partial charge in [0.05, 0.1) is 17.4 Å². The van der Waals surface area contributed by atoms with Gasteiger partial charge in [0.15, 0.2) is 0 Å². The molecule has 0 radical (unpaired) electrons. The van der Waals surface area contributed by atoms with Crippen LogP contribution >= 0.6 is 0 Å². The molecule has 0 aliphatic heterocycles. The molecule has 1 aromatic carbocycles. The summed E-state index contributed by atoms with van der Waals surface area (Å²) in [6.07, 6.45) is 3.29. The number of rotatable bonds is 2. The second-order valence-electron chi connectivity index (χ2n) is 4.58. The first-order valence-corrected chi connectivity index (χ1v) is 6.52. The number of aliphatic hydroxyl groups is 1. The molecule has 106 valence electrons. The molecule has 1 heterocycles. The predicted octanol–water partition coefficient (Wildman–Crippen LogP) is 2.01. The Labute approximate surface area is 124 Å². The lowest BCUT2D eigenvalue weighted by Gasteiger charge is -2.18. The van der Waals surface area contributed by atoms with Crippen LogP contribution in [0, 0.1) is 18.8 Å². The molecule has 0 spiro atoms. The van der Waals surface area contributed by atoms with Crippen LogP contribution in [0.15, 0.2) is 42.7 Å². The predicted molar refractivity (Wildman–Crippen MR) is 82.1 cm³/mol. The lowest BCUT2D eigenvalue weighted by Crippen LogP contribution is -2.27. The molecule has 1 amide bonds. The van der Waals surface area contributed by atoms with Gasteiger partial charge in [0.2, 0.25) is 0 Å². The van der Waals surface area contributed by atoms with E-state index >= 15 is 0 Å². The first-order valence-electron chi connectivity index (χ1n) is 6.52. The summed E-state index contributed by atoms with van der Waals surface area (Å²) in [7, 11) is 1.70. The molecule has 4 nitrogen and oxygen atoms in total. The fraction of sp³-hybridized carbons (Fsp3) is 0.176. The average molecular weight is 280 g/mol. The van der Waals surface area contributed by atoms with E-state index in [0.717, 1.165) is 5.56 Å². The number of amides is 1. The number of aliphatic hydroxyl groups excluding tert-OH is 1.